The average molecular weight is 441 g/mol. The van der Waals surface area contributed by atoms with Crippen molar-refractivity contribution in [2.24, 2.45) is 5.73 Å². The van der Waals surface area contributed by atoms with E-state index in [-0.39, 0.29) is 25.3 Å². The first-order valence-corrected chi connectivity index (χ1v) is 10.8. The van der Waals surface area contributed by atoms with Gasteiger partial charge in [-0.15, -0.1) is 0 Å². The Hall–Kier alpha value is -3.23. The normalized spacial score (nSPS) is 12.5. The van der Waals surface area contributed by atoms with E-state index in [2.05, 4.69) is 16.0 Å². The molecule has 0 saturated carbocycles. The predicted octanol–water partition coefficient (Wildman–Crippen LogP) is 1.20. The number of unbranched alkanes of at least 4 members (excludes halogenated alkanes) is 1. The van der Waals surface area contributed by atoms with E-state index in [1.54, 1.807) is 0 Å². The highest BCUT2D eigenvalue weighted by atomic mass is 16.4. The third-order valence-corrected chi connectivity index (χ3v) is 4.95. The summed E-state index contributed by atoms with van der Waals surface area (Å²) in [4.78, 5) is 36.9. The molecular formula is C24H32N4O4. The van der Waals surface area contributed by atoms with Gasteiger partial charge in [0.15, 0.2) is 0 Å². The van der Waals surface area contributed by atoms with Gasteiger partial charge in [0.25, 0.3) is 0 Å². The molecule has 8 nitrogen and oxygen atoms in total. The lowest BCUT2D eigenvalue weighted by atomic mass is 10.0. The molecule has 2 aromatic carbocycles. The van der Waals surface area contributed by atoms with Crippen molar-refractivity contribution < 1.29 is 19.5 Å². The smallest absolute Gasteiger partial charge is 0.326 e. The first-order chi connectivity index (χ1) is 15.5. The van der Waals surface area contributed by atoms with E-state index >= 15 is 0 Å². The quantitative estimate of drug-likeness (QED) is 0.280. The Morgan fingerprint density at radius 3 is 2.06 bits per heavy atom. The molecule has 0 saturated heterocycles. The molecule has 0 spiro atoms. The Kier molecular flexibility index (Phi) is 10.9. The second-order valence-corrected chi connectivity index (χ2v) is 7.58. The van der Waals surface area contributed by atoms with Crippen molar-refractivity contribution >= 4 is 17.8 Å². The van der Waals surface area contributed by atoms with Gasteiger partial charge in [-0.25, -0.2) is 4.79 Å². The van der Waals surface area contributed by atoms with E-state index in [0.717, 1.165) is 11.1 Å². The lowest BCUT2D eigenvalue weighted by molar-refractivity contribution is -0.142. The van der Waals surface area contributed by atoms with E-state index in [0.29, 0.717) is 25.9 Å². The Morgan fingerprint density at radius 1 is 0.844 bits per heavy atom. The van der Waals surface area contributed by atoms with Crippen molar-refractivity contribution in [3.05, 3.63) is 71.8 Å². The summed E-state index contributed by atoms with van der Waals surface area (Å²) in [7, 11) is 0. The molecule has 0 radical (unpaired) electrons. The zero-order valence-electron chi connectivity index (χ0n) is 18.1. The first kappa shape index (κ1) is 25.0. The van der Waals surface area contributed by atoms with Gasteiger partial charge in [0.1, 0.15) is 12.1 Å². The molecule has 2 aromatic rings. The largest absolute Gasteiger partial charge is 0.480 e. The Morgan fingerprint density at radius 2 is 1.47 bits per heavy atom. The number of carboxylic acid groups (broad SMARTS) is 1. The number of amides is 2. The Bertz CT molecular complexity index is 846. The second-order valence-electron chi connectivity index (χ2n) is 7.58. The number of carbonyl (C=O) groups excluding carboxylic acids is 2. The highest BCUT2D eigenvalue weighted by Crippen LogP contribution is 2.06. The summed E-state index contributed by atoms with van der Waals surface area (Å²) >= 11 is 0. The summed E-state index contributed by atoms with van der Waals surface area (Å²) in [5.74, 6) is -1.97. The first-order valence-electron chi connectivity index (χ1n) is 10.8. The van der Waals surface area contributed by atoms with Crippen LogP contribution < -0.4 is 21.7 Å². The third kappa shape index (κ3) is 9.28. The molecule has 0 heterocycles. The number of benzene rings is 2. The fourth-order valence-electron chi connectivity index (χ4n) is 3.24. The number of hydrogen-bond acceptors (Lipinski definition) is 5. The summed E-state index contributed by atoms with van der Waals surface area (Å²) in [6.45, 7) is 1.02. The number of aliphatic carboxylic acids is 1. The van der Waals surface area contributed by atoms with Crippen LogP contribution in [0.1, 0.15) is 30.4 Å². The zero-order valence-corrected chi connectivity index (χ0v) is 18.1. The zero-order chi connectivity index (χ0) is 23.2. The van der Waals surface area contributed by atoms with Crippen LogP contribution in [0.15, 0.2) is 60.7 Å². The van der Waals surface area contributed by atoms with E-state index < -0.39 is 24.0 Å². The van der Waals surface area contributed by atoms with Crippen LogP contribution in [0.5, 0.6) is 0 Å². The summed E-state index contributed by atoms with van der Waals surface area (Å²) in [6, 6.07) is 17.0. The molecule has 172 valence electrons. The molecule has 0 fully saturated rings. The molecule has 0 aromatic heterocycles. The summed E-state index contributed by atoms with van der Waals surface area (Å²) in [5, 5.41) is 17.8. The molecule has 2 atom stereocenters. The molecule has 0 unspecified atom stereocenters. The molecular weight excluding hydrogens is 408 g/mol. The SMILES string of the molecule is NCCCC[C@H](NC(=O)[C@H](Cc1ccccc1)NC(=O)CNCc1ccccc1)C(=O)O. The predicted molar refractivity (Wildman–Crippen MR) is 123 cm³/mol. The maximum Gasteiger partial charge on any atom is 0.326 e. The maximum absolute atomic E-state index is 12.9. The van der Waals surface area contributed by atoms with Gasteiger partial charge in [-0.1, -0.05) is 60.7 Å². The lowest BCUT2D eigenvalue weighted by Crippen LogP contribution is -2.53. The van der Waals surface area contributed by atoms with Gasteiger partial charge in [-0.05, 0) is 36.9 Å². The highest BCUT2D eigenvalue weighted by Gasteiger charge is 2.26. The van der Waals surface area contributed by atoms with E-state index in [9.17, 15) is 19.5 Å². The monoisotopic (exact) mass is 440 g/mol. The van der Waals surface area contributed by atoms with Crippen LogP contribution in [0.4, 0.5) is 0 Å². The maximum atomic E-state index is 12.9. The molecule has 32 heavy (non-hydrogen) atoms. The number of hydrogen-bond donors (Lipinski definition) is 5. The lowest BCUT2D eigenvalue weighted by Gasteiger charge is -2.22. The Labute approximate surface area is 188 Å². The van der Waals surface area contributed by atoms with Gasteiger partial charge in [0.2, 0.25) is 11.8 Å². The van der Waals surface area contributed by atoms with Crippen molar-refractivity contribution in [3.8, 4) is 0 Å². The van der Waals surface area contributed by atoms with Crippen LogP contribution in [0.25, 0.3) is 0 Å². The van der Waals surface area contributed by atoms with Crippen molar-refractivity contribution in [3.63, 3.8) is 0 Å². The molecule has 0 bridgehead atoms. The minimum absolute atomic E-state index is 0.0341. The third-order valence-electron chi connectivity index (χ3n) is 4.95. The van der Waals surface area contributed by atoms with Crippen LogP contribution in [-0.4, -0.2) is 48.1 Å². The van der Waals surface area contributed by atoms with Crippen molar-refractivity contribution in [1.82, 2.24) is 16.0 Å². The summed E-state index contributed by atoms with van der Waals surface area (Å²) in [5.41, 5.74) is 7.37. The van der Waals surface area contributed by atoms with Gasteiger partial charge < -0.3 is 26.8 Å². The van der Waals surface area contributed by atoms with Crippen LogP contribution in [0, 0.1) is 0 Å². The standard InChI is InChI=1S/C24H32N4O4/c25-14-8-7-13-20(24(31)32)28-23(30)21(15-18-9-3-1-4-10-18)27-22(29)17-26-16-19-11-5-2-6-12-19/h1-6,9-12,20-21,26H,7-8,13-17,25H2,(H,27,29)(H,28,30)(H,31,32)/t20-,21-/m0/s1. The van der Waals surface area contributed by atoms with Gasteiger partial charge in [-0.2, -0.15) is 0 Å². The van der Waals surface area contributed by atoms with Crippen molar-refractivity contribution in [2.75, 3.05) is 13.1 Å². The van der Waals surface area contributed by atoms with Gasteiger partial charge in [0.05, 0.1) is 6.54 Å². The summed E-state index contributed by atoms with van der Waals surface area (Å²) in [6.07, 6.45) is 1.80. The summed E-state index contributed by atoms with van der Waals surface area (Å²) < 4.78 is 0. The van der Waals surface area contributed by atoms with Gasteiger partial charge >= 0.3 is 5.97 Å². The van der Waals surface area contributed by atoms with Crippen molar-refractivity contribution in [1.29, 1.82) is 0 Å². The minimum atomic E-state index is -1.11. The van der Waals surface area contributed by atoms with E-state index in [4.69, 9.17) is 5.73 Å². The van der Waals surface area contributed by atoms with Crippen molar-refractivity contribution in [2.45, 2.75) is 44.3 Å². The van der Waals surface area contributed by atoms with Crippen LogP contribution in [0.2, 0.25) is 0 Å². The van der Waals surface area contributed by atoms with E-state index in [1.807, 2.05) is 60.7 Å². The number of rotatable bonds is 14. The van der Waals surface area contributed by atoms with Crippen LogP contribution in [-0.2, 0) is 27.3 Å². The van der Waals surface area contributed by atoms with E-state index in [1.165, 1.54) is 0 Å². The van der Waals surface area contributed by atoms with Crippen LogP contribution in [0.3, 0.4) is 0 Å². The topological polar surface area (TPSA) is 134 Å². The number of nitrogens with one attached hydrogen (secondary N) is 3. The molecule has 2 amide bonds. The highest BCUT2D eigenvalue weighted by molar-refractivity contribution is 5.91. The molecule has 2 rings (SSSR count). The average Bonchev–Trinajstić information content (AvgIpc) is 2.79. The molecule has 0 aliphatic carbocycles. The van der Waals surface area contributed by atoms with Gasteiger partial charge in [0, 0.05) is 13.0 Å². The number of carbonyl (C=O) groups is 3. The van der Waals surface area contributed by atoms with Gasteiger partial charge in [-0.3, -0.25) is 9.59 Å². The second kappa shape index (κ2) is 14.0. The molecule has 8 heteroatoms. The fourth-order valence-corrected chi connectivity index (χ4v) is 3.24. The molecule has 0 aliphatic heterocycles. The minimum Gasteiger partial charge on any atom is -0.480 e. The number of carboxylic acids is 1. The molecule has 6 N–H and O–H groups in total. The van der Waals surface area contributed by atoms with Crippen LogP contribution >= 0.6 is 0 Å². The fraction of sp³-hybridized carbons (Fsp3) is 0.375. The Balaban J connectivity index is 1.98. The molecule has 0 aliphatic rings. The number of nitrogens with two attached hydrogens (primary N) is 1.